The molecule has 2 aliphatic carbocycles. The first kappa shape index (κ1) is 50.7. The van der Waals surface area contributed by atoms with E-state index in [0.29, 0.717) is 37.0 Å². The van der Waals surface area contributed by atoms with Gasteiger partial charge in [-0.25, -0.2) is 13.6 Å². The lowest BCUT2D eigenvalue weighted by Gasteiger charge is -2.43. The lowest BCUT2D eigenvalue weighted by atomic mass is 9.81. The Labute approximate surface area is 377 Å². The molecule has 2 N–H and O–H groups in total. The summed E-state index contributed by atoms with van der Waals surface area (Å²) in [6.07, 6.45) is -1.73. The summed E-state index contributed by atoms with van der Waals surface area (Å²) in [7, 11) is 4.79. The lowest BCUT2D eigenvalue weighted by Crippen LogP contribution is -2.64. The van der Waals surface area contributed by atoms with Crippen molar-refractivity contribution >= 4 is 35.7 Å². The summed E-state index contributed by atoms with van der Waals surface area (Å²) in [5.41, 5.74) is -3.84. The number of nitrogens with zero attached hydrogens (tertiary/aromatic N) is 3. The number of likely N-dealkylation sites (N-methyl/N-ethyl adjacent to an activating group) is 1. The van der Waals surface area contributed by atoms with E-state index < -0.39 is 88.3 Å². The second-order valence-electron chi connectivity index (χ2n) is 18.8. The van der Waals surface area contributed by atoms with Crippen molar-refractivity contribution in [2.24, 2.45) is 11.8 Å². The number of halogens is 5. The van der Waals surface area contributed by atoms with E-state index in [9.17, 15) is 50.7 Å². The number of benzene rings is 2. The molecule has 358 valence electrons. The molecule has 4 atom stereocenters. The summed E-state index contributed by atoms with van der Waals surface area (Å²) in [4.78, 5) is 88.4. The van der Waals surface area contributed by atoms with Gasteiger partial charge in [0.25, 0.3) is 0 Å². The molecule has 3 fully saturated rings. The van der Waals surface area contributed by atoms with E-state index in [-0.39, 0.29) is 69.1 Å². The molecule has 2 aromatic rings. The third kappa shape index (κ3) is 13.0. The number of aryl methyl sites for hydroxylation is 1. The normalized spacial score (nSPS) is 18.9. The summed E-state index contributed by atoms with van der Waals surface area (Å²) in [6, 6.07) is 6.43. The lowest BCUT2D eigenvalue weighted by molar-refractivity contribution is -0.161. The minimum Gasteiger partial charge on any atom is -0.460 e. The van der Waals surface area contributed by atoms with Crippen molar-refractivity contribution in [2.75, 3.05) is 27.7 Å². The zero-order chi connectivity index (χ0) is 47.9. The molecule has 0 radical (unpaired) electrons. The zero-order valence-corrected chi connectivity index (χ0v) is 38.0. The van der Waals surface area contributed by atoms with Crippen molar-refractivity contribution in [2.45, 2.75) is 146 Å². The van der Waals surface area contributed by atoms with Crippen LogP contribution in [0.2, 0.25) is 0 Å². The predicted molar refractivity (Wildman–Crippen MR) is 228 cm³/mol. The maximum atomic E-state index is 15.0. The summed E-state index contributed by atoms with van der Waals surface area (Å²) >= 11 is 0. The fraction of sp³-hybridized carbons (Fsp3) is 0.617. The van der Waals surface area contributed by atoms with Crippen LogP contribution < -0.4 is 10.6 Å². The highest BCUT2D eigenvalue weighted by Crippen LogP contribution is 2.40. The van der Waals surface area contributed by atoms with Gasteiger partial charge in [0.05, 0.1) is 12.3 Å². The van der Waals surface area contributed by atoms with E-state index in [1.807, 2.05) is 0 Å². The Bertz CT molecular complexity index is 2010. The van der Waals surface area contributed by atoms with Crippen molar-refractivity contribution in [3.05, 3.63) is 70.8 Å². The molecule has 18 heteroatoms. The number of esters is 1. The van der Waals surface area contributed by atoms with E-state index in [2.05, 4.69) is 10.6 Å². The van der Waals surface area contributed by atoms with Crippen LogP contribution in [0.15, 0.2) is 42.5 Å². The van der Waals surface area contributed by atoms with Crippen LogP contribution in [0.3, 0.4) is 0 Å². The number of ether oxygens (including phenoxy) is 2. The molecular formula is C47H62F5N5O8. The average molecular weight is 920 g/mol. The number of alkyl carbamates (subject to hydrolysis) is 1. The smallest absolute Gasteiger partial charge is 0.422 e. The number of nitrogens with one attached hydrogen (secondary N) is 2. The van der Waals surface area contributed by atoms with Crippen LogP contribution >= 0.6 is 0 Å². The minimum absolute atomic E-state index is 0.0707. The van der Waals surface area contributed by atoms with E-state index in [1.54, 1.807) is 72.2 Å². The number of carbonyl (C=O) groups excluding carboxylic acids is 6. The monoisotopic (exact) mass is 919 g/mol. The first-order valence-electron chi connectivity index (χ1n) is 22.4. The van der Waals surface area contributed by atoms with E-state index >= 15 is 0 Å². The standard InChI is InChI=1S/C47H62F5N5O8/c1-45(2,3)65-37(58)27-32(41(60)55(4)5)39(31-17-10-11-18-31)56(6)43(62)46(22-12-13-23-46)54-40(59)36-19-14-24-57(36)42(61)35(53-44(63)64-28-29-15-8-7-9-16-29)21-20-30-25-33(48)38(34(49)26-30)47(50,51)52/h7-9,15-16,25-26,31-32,35-36,39H,10-14,17-24,27-28H2,1-6H3,(H,53,63)(H,54,59)/t32-,35+,36+,39+/m1/s1. The van der Waals surface area contributed by atoms with Gasteiger partial charge in [0, 0.05) is 33.7 Å². The average Bonchev–Trinajstić information content (AvgIpc) is 4.03. The van der Waals surface area contributed by atoms with Gasteiger partial charge in [0.15, 0.2) is 0 Å². The minimum atomic E-state index is -5.29. The number of alkyl halides is 3. The highest BCUT2D eigenvalue weighted by Gasteiger charge is 2.51. The third-order valence-electron chi connectivity index (χ3n) is 12.6. The Morgan fingerprint density at radius 3 is 2.05 bits per heavy atom. The second-order valence-corrected chi connectivity index (χ2v) is 18.8. The van der Waals surface area contributed by atoms with Gasteiger partial charge in [-0.2, -0.15) is 13.2 Å². The highest BCUT2D eigenvalue weighted by atomic mass is 19.4. The molecule has 0 spiro atoms. The van der Waals surface area contributed by atoms with Crippen LogP contribution in [-0.2, 0) is 52.7 Å². The molecule has 5 rings (SSSR count). The maximum absolute atomic E-state index is 15.0. The molecule has 2 saturated carbocycles. The summed E-state index contributed by atoms with van der Waals surface area (Å²) in [5.74, 6) is -7.42. The highest BCUT2D eigenvalue weighted by molar-refractivity contribution is 5.96. The first-order valence-corrected chi connectivity index (χ1v) is 22.4. The third-order valence-corrected chi connectivity index (χ3v) is 12.6. The molecule has 0 unspecified atom stereocenters. The molecule has 1 saturated heterocycles. The molecule has 0 aromatic heterocycles. The fourth-order valence-electron chi connectivity index (χ4n) is 9.64. The van der Waals surface area contributed by atoms with Crippen molar-refractivity contribution in [3.63, 3.8) is 0 Å². The second kappa shape index (κ2) is 21.3. The molecule has 1 heterocycles. The Hall–Kier alpha value is -5.29. The van der Waals surface area contributed by atoms with Gasteiger partial charge in [0.2, 0.25) is 23.6 Å². The van der Waals surface area contributed by atoms with Crippen LogP contribution in [0.5, 0.6) is 0 Å². The topological polar surface area (TPSA) is 155 Å². The van der Waals surface area contributed by atoms with Crippen molar-refractivity contribution < 1.29 is 60.2 Å². The van der Waals surface area contributed by atoms with Crippen molar-refractivity contribution in [1.82, 2.24) is 25.3 Å². The first-order chi connectivity index (χ1) is 30.5. The number of rotatable bonds is 16. The summed E-state index contributed by atoms with van der Waals surface area (Å²) < 4.78 is 80.0. The van der Waals surface area contributed by atoms with Crippen LogP contribution in [0.25, 0.3) is 0 Å². The van der Waals surface area contributed by atoms with Crippen molar-refractivity contribution in [3.8, 4) is 0 Å². The van der Waals surface area contributed by atoms with Crippen LogP contribution in [0.1, 0.15) is 115 Å². The predicted octanol–water partition coefficient (Wildman–Crippen LogP) is 7.08. The Morgan fingerprint density at radius 2 is 1.48 bits per heavy atom. The van der Waals surface area contributed by atoms with Gasteiger partial charge in [-0.1, -0.05) is 56.0 Å². The van der Waals surface area contributed by atoms with E-state index in [1.165, 1.54) is 14.7 Å². The van der Waals surface area contributed by atoms with Gasteiger partial charge in [-0.05, 0) is 101 Å². The molecule has 2 aromatic carbocycles. The van der Waals surface area contributed by atoms with Gasteiger partial charge in [-0.3, -0.25) is 24.0 Å². The number of carbonyl (C=O) groups is 6. The van der Waals surface area contributed by atoms with Crippen LogP contribution in [0, 0.1) is 23.5 Å². The Morgan fingerprint density at radius 1 is 0.862 bits per heavy atom. The number of hydrogen-bond acceptors (Lipinski definition) is 8. The molecular weight excluding hydrogens is 858 g/mol. The molecule has 5 amide bonds. The van der Waals surface area contributed by atoms with Crippen LogP contribution in [-0.4, -0.2) is 107 Å². The molecule has 13 nitrogen and oxygen atoms in total. The zero-order valence-electron chi connectivity index (χ0n) is 38.0. The fourth-order valence-corrected chi connectivity index (χ4v) is 9.64. The quantitative estimate of drug-likeness (QED) is 0.134. The number of likely N-dealkylation sites (tertiary alicyclic amines) is 1. The van der Waals surface area contributed by atoms with E-state index in [4.69, 9.17) is 9.47 Å². The van der Waals surface area contributed by atoms with Gasteiger partial charge < -0.3 is 34.8 Å². The molecule has 3 aliphatic rings. The summed E-state index contributed by atoms with van der Waals surface area (Å²) in [5, 5.41) is 5.50. The number of amides is 5. The maximum Gasteiger partial charge on any atom is 0.422 e. The SMILES string of the molecule is CN(C)C(=O)[C@H](CC(=O)OC(C)(C)C)[C@H](C1CCCC1)N(C)C(=O)C1(NC(=O)[C@@H]2CCCN2C(=O)[C@H](CCc2cc(F)c(C(F)(F)F)c(F)c2)NC(=O)OCc2ccccc2)CCCC1. The van der Waals surface area contributed by atoms with Gasteiger partial charge in [-0.15, -0.1) is 0 Å². The van der Waals surface area contributed by atoms with Crippen molar-refractivity contribution in [1.29, 1.82) is 0 Å². The Balaban J connectivity index is 1.39. The van der Waals surface area contributed by atoms with Gasteiger partial charge >= 0.3 is 18.2 Å². The van der Waals surface area contributed by atoms with Gasteiger partial charge in [0.1, 0.15) is 47.0 Å². The summed E-state index contributed by atoms with van der Waals surface area (Å²) in [6.45, 7) is 5.09. The van der Waals surface area contributed by atoms with Crippen LogP contribution in [0.4, 0.5) is 26.7 Å². The molecule has 65 heavy (non-hydrogen) atoms. The number of hydrogen-bond donors (Lipinski definition) is 2. The van der Waals surface area contributed by atoms with E-state index in [0.717, 1.165) is 25.7 Å². The largest absolute Gasteiger partial charge is 0.460 e. The Kier molecular flexibility index (Phi) is 16.7. The molecule has 1 aliphatic heterocycles. The molecule has 0 bridgehead atoms.